The third-order valence-electron chi connectivity index (χ3n) is 10.6. The molecule has 0 spiro atoms. The molecule has 0 aliphatic rings. The zero-order valence-electron chi connectivity index (χ0n) is 41.6. The second-order valence-electron chi connectivity index (χ2n) is 16.9. The van der Waals surface area contributed by atoms with E-state index in [2.05, 4.69) is 93.7 Å². The first-order chi connectivity index (χ1) is 32.2. The molecule has 0 amide bonds. The van der Waals surface area contributed by atoms with Crippen molar-refractivity contribution in [2.24, 2.45) is 0 Å². The van der Waals surface area contributed by atoms with Gasteiger partial charge in [0.25, 0.3) is 0 Å². The quantitative estimate of drug-likeness (QED) is 0.0197. The van der Waals surface area contributed by atoms with Crippen molar-refractivity contribution in [1.29, 1.82) is 0 Å². The number of esters is 3. The molecule has 66 heavy (non-hydrogen) atoms. The van der Waals surface area contributed by atoms with Gasteiger partial charge in [0, 0.05) is 19.3 Å². The predicted molar refractivity (Wildman–Crippen MR) is 270 cm³/mol. The Bertz CT molecular complexity index is 1390. The summed E-state index contributed by atoms with van der Waals surface area (Å²) in [5, 5.41) is 9.75. The molecular weight excluding hydrogens is 856 g/mol. The van der Waals surface area contributed by atoms with Crippen LogP contribution in [0, 0.1) is 0 Å². The highest BCUT2D eigenvalue weighted by Crippen LogP contribution is 2.43. The van der Waals surface area contributed by atoms with Crippen LogP contribution in [0.25, 0.3) is 0 Å². The van der Waals surface area contributed by atoms with E-state index in [4.69, 9.17) is 23.3 Å². The third-order valence-corrected chi connectivity index (χ3v) is 11.5. The van der Waals surface area contributed by atoms with Crippen molar-refractivity contribution in [3.8, 4) is 0 Å². The molecule has 0 radical (unpaired) electrons. The summed E-state index contributed by atoms with van der Waals surface area (Å²) in [6, 6.07) is 0. The smallest absolute Gasteiger partial charge is 0.462 e. The van der Waals surface area contributed by atoms with Gasteiger partial charge in [-0.2, -0.15) is 0 Å². The highest BCUT2D eigenvalue weighted by atomic mass is 31.2. The number of aliphatic hydroxyl groups is 1. The second-order valence-corrected chi connectivity index (χ2v) is 18.4. The number of ether oxygens (including phenoxy) is 3. The number of allylic oxidation sites excluding steroid dienone is 12. The number of unbranched alkanes of at least 4 members (excludes halogenated alkanes) is 18. The van der Waals surface area contributed by atoms with Crippen LogP contribution in [0.4, 0.5) is 0 Å². The van der Waals surface area contributed by atoms with E-state index in [0.717, 1.165) is 122 Å². The van der Waals surface area contributed by atoms with Crippen LogP contribution in [-0.4, -0.2) is 66.5 Å². The average molecular weight is 949 g/mol. The summed E-state index contributed by atoms with van der Waals surface area (Å²) in [4.78, 5) is 48.2. The van der Waals surface area contributed by atoms with Gasteiger partial charge in [0.05, 0.1) is 19.8 Å². The first-order valence-corrected chi connectivity index (χ1v) is 27.3. The van der Waals surface area contributed by atoms with Crippen molar-refractivity contribution in [1.82, 2.24) is 0 Å². The fraction of sp³-hybridized carbons (Fsp3) is 0.722. The second kappa shape index (κ2) is 48.4. The standard InChI is InChI=1S/C54H93O11P/c1-4-7-10-13-16-19-22-24-25-27-29-31-34-37-40-43-52(56)61-47-51(65-54(58)45-42-39-36-33-30-26-23-20-17-14-11-8-5-2)49-63-66(59,60)62-48-50(46-55)64-53(57)44-41-38-35-32-28-21-18-15-12-9-6-3/h8,11,15-20,24-26,30,50-51,55H,4-7,9-10,12-14,21-23,27-29,31-49H2,1-3H3,(H,59,60)/b11-8-,18-15-,19-16-,20-17-,25-24-,30-26-. The zero-order chi connectivity index (χ0) is 48.4. The molecule has 0 aliphatic heterocycles. The van der Waals surface area contributed by atoms with Crippen LogP contribution < -0.4 is 0 Å². The van der Waals surface area contributed by atoms with Crippen molar-refractivity contribution in [2.45, 2.75) is 226 Å². The molecule has 0 aromatic heterocycles. The van der Waals surface area contributed by atoms with E-state index in [1.165, 1.54) is 32.1 Å². The number of carbonyl (C=O) groups excluding carboxylic acids is 3. The molecule has 11 nitrogen and oxygen atoms in total. The molecule has 0 bridgehead atoms. The Labute approximate surface area is 401 Å². The van der Waals surface area contributed by atoms with Crippen LogP contribution in [0.2, 0.25) is 0 Å². The lowest BCUT2D eigenvalue weighted by Crippen LogP contribution is -2.30. The number of carbonyl (C=O) groups is 3. The molecular formula is C54H93O11P. The SMILES string of the molecule is CC/C=C\C/C=C\C/C=C\CCCCCC(=O)OC(COC(=O)CCCCCCC/C=C\C/C=C\CCCCC)COP(=O)(O)OCC(CO)OC(=O)CCCCCCC/C=C\CCCC. The lowest BCUT2D eigenvalue weighted by molar-refractivity contribution is -0.161. The molecule has 0 rings (SSSR count). The minimum absolute atomic E-state index is 0.127. The van der Waals surface area contributed by atoms with Crippen molar-refractivity contribution in [2.75, 3.05) is 26.4 Å². The lowest BCUT2D eigenvalue weighted by Gasteiger charge is -2.21. The molecule has 380 valence electrons. The van der Waals surface area contributed by atoms with E-state index >= 15 is 0 Å². The zero-order valence-corrected chi connectivity index (χ0v) is 42.5. The topological polar surface area (TPSA) is 155 Å². The predicted octanol–water partition coefficient (Wildman–Crippen LogP) is 14.6. The third kappa shape index (κ3) is 46.0. The molecule has 3 unspecified atom stereocenters. The van der Waals surface area contributed by atoms with Gasteiger partial charge >= 0.3 is 25.7 Å². The fourth-order valence-corrected chi connectivity index (χ4v) is 7.40. The van der Waals surface area contributed by atoms with Crippen LogP contribution >= 0.6 is 7.82 Å². The Kier molecular flexibility index (Phi) is 46.1. The summed E-state index contributed by atoms with van der Waals surface area (Å²) in [6.45, 7) is 4.38. The van der Waals surface area contributed by atoms with E-state index in [-0.39, 0.29) is 25.9 Å². The average Bonchev–Trinajstić information content (AvgIpc) is 3.30. The van der Waals surface area contributed by atoms with Gasteiger partial charge in [-0.05, 0) is 103 Å². The highest BCUT2D eigenvalue weighted by Gasteiger charge is 2.28. The van der Waals surface area contributed by atoms with E-state index in [1.54, 1.807) is 0 Å². The maximum atomic E-state index is 12.8. The number of phosphoric ester groups is 1. The minimum Gasteiger partial charge on any atom is -0.462 e. The van der Waals surface area contributed by atoms with Crippen LogP contribution in [0.3, 0.4) is 0 Å². The Balaban J connectivity index is 4.81. The first kappa shape index (κ1) is 62.9. The first-order valence-electron chi connectivity index (χ1n) is 25.8. The monoisotopic (exact) mass is 949 g/mol. The Morgan fingerprint density at radius 2 is 0.803 bits per heavy atom. The van der Waals surface area contributed by atoms with E-state index in [0.29, 0.717) is 19.3 Å². The van der Waals surface area contributed by atoms with Crippen molar-refractivity contribution >= 4 is 25.7 Å². The van der Waals surface area contributed by atoms with Gasteiger partial charge in [0.15, 0.2) is 6.10 Å². The maximum Gasteiger partial charge on any atom is 0.472 e. The van der Waals surface area contributed by atoms with Gasteiger partial charge in [-0.3, -0.25) is 23.4 Å². The molecule has 0 saturated heterocycles. The van der Waals surface area contributed by atoms with Crippen LogP contribution in [-0.2, 0) is 42.2 Å². The van der Waals surface area contributed by atoms with Gasteiger partial charge in [-0.1, -0.05) is 164 Å². The summed E-state index contributed by atoms with van der Waals surface area (Å²) < 4.78 is 39.3. The molecule has 2 N–H and O–H groups in total. The Morgan fingerprint density at radius 3 is 1.29 bits per heavy atom. The fourth-order valence-electron chi connectivity index (χ4n) is 6.61. The number of rotatable bonds is 47. The largest absolute Gasteiger partial charge is 0.472 e. The Morgan fingerprint density at radius 1 is 0.439 bits per heavy atom. The summed E-state index contributed by atoms with van der Waals surface area (Å²) in [5.41, 5.74) is 0. The maximum absolute atomic E-state index is 12.8. The van der Waals surface area contributed by atoms with Gasteiger partial charge in [0.2, 0.25) is 0 Å². The number of hydrogen-bond donors (Lipinski definition) is 2. The van der Waals surface area contributed by atoms with Gasteiger partial charge in [-0.25, -0.2) is 4.57 Å². The van der Waals surface area contributed by atoms with E-state index in [9.17, 15) is 28.9 Å². The highest BCUT2D eigenvalue weighted by molar-refractivity contribution is 7.47. The van der Waals surface area contributed by atoms with Crippen molar-refractivity contribution < 1.29 is 52.2 Å². The van der Waals surface area contributed by atoms with E-state index in [1.807, 2.05) is 0 Å². The van der Waals surface area contributed by atoms with Gasteiger partial charge in [0.1, 0.15) is 12.7 Å². The molecule has 0 aromatic rings. The molecule has 3 atom stereocenters. The molecule has 0 saturated carbocycles. The van der Waals surface area contributed by atoms with Crippen LogP contribution in [0.1, 0.15) is 213 Å². The molecule has 0 heterocycles. The normalized spacial score (nSPS) is 14.1. The number of phosphoric acid groups is 1. The molecule has 0 aromatic carbocycles. The van der Waals surface area contributed by atoms with Crippen LogP contribution in [0.5, 0.6) is 0 Å². The molecule has 0 aliphatic carbocycles. The van der Waals surface area contributed by atoms with Crippen molar-refractivity contribution in [3.05, 3.63) is 72.9 Å². The number of hydrogen-bond acceptors (Lipinski definition) is 10. The summed E-state index contributed by atoms with van der Waals surface area (Å²) in [6.07, 6.45) is 51.6. The minimum atomic E-state index is -4.75. The molecule has 12 heteroatoms. The van der Waals surface area contributed by atoms with Crippen LogP contribution in [0.15, 0.2) is 72.9 Å². The van der Waals surface area contributed by atoms with Gasteiger partial charge < -0.3 is 24.2 Å². The number of aliphatic hydroxyl groups excluding tert-OH is 1. The van der Waals surface area contributed by atoms with Gasteiger partial charge in [-0.15, -0.1) is 0 Å². The Hall–Kier alpha value is -3.08. The summed E-state index contributed by atoms with van der Waals surface area (Å²) in [7, 11) is -4.75. The van der Waals surface area contributed by atoms with Crippen molar-refractivity contribution in [3.63, 3.8) is 0 Å². The molecule has 0 fully saturated rings. The summed E-state index contributed by atoms with van der Waals surface area (Å²) in [5.74, 6) is -1.53. The van der Waals surface area contributed by atoms with E-state index < -0.39 is 57.8 Å². The summed E-state index contributed by atoms with van der Waals surface area (Å²) >= 11 is 0. The lowest BCUT2D eigenvalue weighted by atomic mass is 10.1.